The molecular formula is C18H11ClF2N6OS. The van der Waals surface area contributed by atoms with Crippen LogP contribution < -0.4 is 5.32 Å². The third-order valence-corrected chi connectivity index (χ3v) is 4.91. The first kappa shape index (κ1) is 20.5. The molecule has 0 saturated carbocycles. The lowest BCUT2D eigenvalue weighted by Gasteiger charge is -2.06. The van der Waals surface area contributed by atoms with E-state index < -0.39 is 11.6 Å². The van der Waals surface area contributed by atoms with E-state index in [0.717, 1.165) is 17.5 Å². The van der Waals surface area contributed by atoms with Gasteiger partial charge in [0.05, 0.1) is 30.6 Å². The fourth-order valence-electron chi connectivity index (χ4n) is 2.57. The van der Waals surface area contributed by atoms with E-state index in [1.165, 1.54) is 30.6 Å². The summed E-state index contributed by atoms with van der Waals surface area (Å²) in [5, 5.41) is 12.3. The van der Waals surface area contributed by atoms with Crippen molar-refractivity contribution in [3.8, 4) is 10.6 Å². The van der Waals surface area contributed by atoms with E-state index in [9.17, 15) is 13.9 Å². The normalized spacial score (nSPS) is 10.4. The standard InChI is InChI=1S/C18H10F2N6OS.ClH/c1-21-12-4-2-3-10(19)14(12)18-26-15-11(20)6-22-17(16(15)28-18)25-13-5-9(7-27)23-8-24-13;/h2-6,8,27H,7H2,(H,22,23,24,25);1H. The number of anilines is 2. The topological polar surface area (TPSA) is 88.2 Å². The molecule has 11 heteroatoms. The molecule has 3 aromatic heterocycles. The molecule has 0 radical (unpaired) electrons. The zero-order chi connectivity index (χ0) is 19.7. The van der Waals surface area contributed by atoms with Crippen LogP contribution in [0.15, 0.2) is 36.8 Å². The van der Waals surface area contributed by atoms with E-state index in [0.29, 0.717) is 16.2 Å². The van der Waals surface area contributed by atoms with E-state index in [1.807, 2.05) is 0 Å². The Morgan fingerprint density at radius 2 is 2.00 bits per heavy atom. The minimum Gasteiger partial charge on any atom is -0.390 e. The Balaban J connectivity index is 0.00000240. The van der Waals surface area contributed by atoms with Gasteiger partial charge in [-0.05, 0) is 6.07 Å². The monoisotopic (exact) mass is 432 g/mol. The van der Waals surface area contributed by atoms with Gasteiger partial charge in [0.15, 0.2) is 17.3 Å². The van der Waals surface area contributed by atoms with Crippen LogP contribution >= 0.6 is 23.7 Å². The van der Waals surface area contributed by atoms with Gasteiger partial charge in [0.25, 0.3) is 0 Å². The average molecular weight is 433 g/mol. The maximum absolute atomic E-state index is 14.3. The summed E-state index contributed by atoms with van der Waals surface area (Å²) in [6.45, 7) is 6.98. The van der Waals surface area contributed by atoms with Crippen molar-refractivity contribution >= 4 is 51.3 Å². The quantitative estimate of drug-likeness (QED) is 0.457. The predicted molar refractivity (Wildman–Crippen MR) is 108 cm³/mol. The fourth-order valence-corrected chi connectivity index (χ4v) is 3.65. The minimum atomic E-state index is -0.664. The smallest absolute Gasteiger partial charge is 0.200 e. The Bertz CT molecular complexity index is 1240. The van der Waals surface area contributed by atoms with Gasteiger partial charge in [0, 0.05) is 6.07 Å². The number of nitrogens with one attached hydrogen (secondary N) is 1. The van der Waals surface area contributed by atoms with Gasteiger partial charge in [-0.15, -0.1) is 23.7 Å². The fraction of sp³-hybridized carbons (Fsp3) is 0.0556. The molecule has 0 aliphatic rings. The second-order valence-corrected chi connectivity index (χ2v) is 6.57. The van der Waals surface area contributed by atoms with Gasteiger partial charge in [-0.1, -0.05) is 12.1 Å². The summed E-state index contributed by atoms with van der Waals surface area (Å²) in [6.07, 6.45) is 2.27. The second-order valence-electron chi connectivity index (χ2n) is 5.57. The number of fused-ring (bicyclic) bond motifs is 1. The number of aliphatic hydroxyl groups is 1. The van der Waals surface area contributed by atoms with E-state index in [1.54, 1.807) is 0 Å². The highest BCUT2D eigenvalue weighted by atomic mass is 35.5. The van der Waals surface area contributed by atoms with Crippen LogP contribution in [0.4, 0.5) is 26.1 Å². The first-order valence-electron chi connectivity index (χ1n) is 7.91. The number of hydrogen-bond acceptors (Lipinski definition) is 7. The lowest BCUT2D eigenvalue weighted by atomic mass is 10.2. The van der Waals surface area contributed by atoms with Crippen molar-refractivity contribution in [1.82, 2.24) is 19.9 Å². The van der Waals surface area contributed by atoms with Crippen LogP contribution in [0.2, 0.25) is 0 Å². The van der Waals surface area contributed by atoms with Crippen LogP contribution in [-0.2, 0) is 6.61 Å². The van der Waals surface area contributed by atoms with Gasteiger partial charge in [0.1, 0.15) is 33.2 Å². The number of benzene rings is 1. The minimum absolute atomic E-state index is 0. The number of aromatic nitrogens is 4. The van der Waals surface area contributed by atoms with Crippen molar-refractivity contribution < 1.29 is 13.9 Å². The zero-order valence-corrected chi connectivity index (χ0v) is 16.1. The summed E-state index contributed by atoms with van der Waals surface area (Å²) < 4.78 is 29.0. The molecule has 0 fully saturated rings. The lowest BCUT2D eigenvalue weighted by Crippen LogP contribution is -1.99. The van der Waals surface area contributed by atoms with Crippen molar-refractivity contribution in [3.05, 3.63) is 65.5 Å². The Kier molecular flexibility index (Phi) is 5.93. The molecule has 4 aromatic rings. The highest BCUT2D eigenvalue weighted by Crippen LogP contribution is 2.40. The third kappa shape index (κ3) is 3.84. The third-order valence-electron chi connectivity index (χ3n) is 3.83. The molecule has 146 valence electrons. The molecule has 0 amide bonds. The second kappa shape index (κ2) is 8.40. The number of nitrogens with zero attached hydrogens (tertiary/aromatic N) is 5. The largest absolute Gasteiger partial charge is 0.390 e. The molecule has 0 bridgehead atoms. The first-order valence-corrected chi connectivity index (χ1v) is 8.72. The van der Waals surface area contributed by atoms with Crippen LogP contribution in [-0.4, -0.2) is 25.0 Å². The van der Waals surface area contributed by atoms with Crippen molar-refractivity contribution in [1.29, 1.82) is 0 Å². The zero-order valence-electron chi connectivity index (χ0n) is 14.4. The van der Waals surface area contributed by atoms with Crippen LogP contribution in [0, 0.1) is 18.2 Å². The summed E-state index contributed by atoms with van der Waals surface area (Å²) in [5.41, 5.74) is 0.515. The molecule has 7 nitrogen and oxygen atoms in total. The highest BCUT2D eigenvalue weighted by molar-refractivity contribution is 7.22. The first-order chi connectivity index (χ1) is 13.6. The highest BCUT2D eigenvalue weighted by Gasteiger charge is 2.19. The molecule has 3 heterocycles. The summed E-state index contributed by atoms with van der Waals surface area (Å²) >= 11 is 1.01. The molecular weight excluding hydrogens is 422 g/mol. The Morgan fingerprint density at radius 3 is 2.76 bits per heavy atom. The van der Waals surface area contributed by atoms with E-state index in [4.69, 9.17) is 6.57 Å². The number of thiazole rings is 1. The summed E-state index contributed by atoms with van der Waals surface area (Å²) in [5.74, 6) is -0.660. The van der Waals surface area contributed by atoms with Gasteiger partial charge in [-0.25, -0.2) is 33.6 Å². The lowest BCUT2D eigenvalue weighted by molar-refractivity contribution is 0.276. The predicted octanol–water partition coefficient (Wildman–Crippen LogP) is 4.63. The van der Waals surface area contributed by atoms with Gasteiger partial charge in [-0.3, -0.25) is 0 Å². The van der Waals surface area contributed by atoms with E-state index in [-0.39, 0.29) is 46.6 Å². The Hall–Kier alpha value is -3.26. The number of pyridine rings is 1. The SMILES string of the molecule is Cl.[C-]#[N+]c1cccc(F)c1-c1nc2c(F)cnc(Nc3cc(CO)ncn3)c2s1. The van der Waals surface area contributed by atoms with Gasteiger partial charge < -0.3 is 10.4 Å². The van der Waals surface area contributed by atoms with Crippen molar-refractivity contribution in [2.75, 3.05) is 5.32 Å². The average Bonchev–Trinajstić information content (AvgIpc) is 3.16. The summed E-state index contributed by atoms with van der Waals surface area (Å²) in [7, 11) is 0. The van der Waals surface area contributed by atoms with E-state index in [2.05, 4.69) is 30.1 Å². The molecule has 0 aliphatic heterocycles. The van der Waals surface area contributed by atoms with Crippen molar-refractivity contribution in [3.63, 3.8) is 0 Å². The molecule has 2 N–H and O–H groups in total. The summed E-state index contributed by atoms with van der Waals surface area (Å²) in [4.78, 5) is 19.5. The van der Waals surface area contributed by atoms with Crippen LogP contribution in [0.3, 0.4) is 0 Å². The van der Waals surface area contributed by atoms with Gasteiger partial charge in [-0.2, -0.15) is 0 Å². The molecule has 0 aliphatic carbocycles. The molecule has 0 saturated heterocycles. The van der Waals surface area contributed by atoms with Crippen LogP contribution in [0.25, 0.3) is 25.6 Å². The maximum Gasteiger partial charge on any atom is 0.200 e. The molecule has 0 atom stereocenters. The molecule has 29 heavy (non-hydrogen) atoms. The number of halogens is 3. The van der Waals surface area contributed by atoms with Gasteiger partial charge in [0.2, 0.25) is 0 Å². The number of hydrogen-bond donors (Lipinski definition) is 2. The molecule has 0 spiro atoms. The van der Waals surface area contributed by atoms with Gasteiger partial charge >= 0.3 is 0 Å². The van der Waals surface area contributed by atoms with Crippen LogP contribution in [0.1, 0.15) is 5.69 Å². The molecule has 4 rings (SSSR count). The molecule has 1 aromatic carbocycles. The Labute approximate surface area is 173 Å². The van der Waals surface area contributed by atoms with E-state index >= 15 is 0 Å². The maximum atomic E-state index is 14.3. The molecule has 0 unspecified atom stereocenters. The number of aliphatic hydroxyl groups excluding tert-OH is 1. The Morgan fingerprint density at radius 1 is 1.17 bits per heavy atom. The van der Waals surface area contributed by atoms with Crippen molar-refractivity contribution in [2.24, 2.45) is 0 Å². The van der Waals surface area contributed by atoms with Crippen molar-refractivity contribution in [2.45, 2.75) is 6.61 Å². The van der Waals surface area contributed by atoms with Crippen LogP contribution in [0.5, 0.6) is 0 Å². The number of rotatable bonds is 4. The summed E-state index contributed by atoms with van der Waals surface area (Å²) in [6, 6.07) is 5.65.